The van der Waals surface area contributed by atoms with Gasteiger partial charge in [-0.15, -0.1) is 0 Å². The van der Waals surface area contributed by atoms with E-state index in [1.54, 1.807) is 43.5 Å². The van der Waals surface area contributed by atoms with Gasteiger partial charge >= 0.3 is 0 Å². The number of hydrogen-bond donors (Lipinski definition) is 1. The van der Waals surface area contributed by atoms with E-state index in [0.717, 1.165) is 5.56 Å². The Bertz CT molecular complexity index is 521. The van der Waals surface area contributed by atoms with Gasteiger partial charge in [-0.25, -0.2) is 4.98 Å². The van der Waals surface area contributed by atoms with Crippen LogP contribution < -0.4 is 4.74 Å². The highest BCUT2D eigenvalue weighted by molar-refractivity contribution is 6.34. The molecule has 0 fully saturated rings. The maximum Gasteiger partial charge on any atom is 0.219 e. The van der Waals surface area contributed by atoms with Crippen molar-refractivity contribution in [1.29, 1.82) is 0 Å². The second-order valence-corrected chi connectivity index (χ2v) is 4.69. The van der Waals surface area contributed by atoms with E-state index in [9.17, 15) is 5.11 Å². The third kappa shape index (κ3) is 3.35. The van der Waals surface area contributed by atoms with Crippen LogP contribution >= 0.6 is 23.2 Å². The van der Waals surface area contributed by atoms with Crippen LogP contribution in [0.15, 0.2) is 36.5 Å². The van der Waals surface area contributed by atoms with Crippen LogP contribution in [0.5, 0.6) is 11.6 Å². The number of pyridine rings is 1. The molecule has 5 heteroatoms. The van der Waals surface area contributed by atoms with Gasteiger partial charge in [-0.2, -0.15) is 0 Å². The number of aromatic nitrogens is 1. The van der Waals surface area contributed by atoms with Crippen LogP contribution in [0, 0.1) is 0 Å². The first-order valence-electron chi connectivity index (χ1n) is 5.32. The van der Waals surface area contributed by atoms with Crippen molar-refractivity contribution < 1.29 is 9.84 Å². The van der Waals surface area contributed by atoms with E-state index in [4.69, 9.17) is 27.9 Å². The van der Waals surface area contributed by atoms with Gasteiger partial charge in [-0.3, -0.25) is 0 Å². The number of aliphatic hydroxyl groups excluding tert-OH is 1. The highest BCUT2D eigenvalue weighted by Gasteiger charge is 2.04. The summed E-state index contributed by atoms with van der Waals surface area (Å²) in [6.07, 6.45) is 1.01. The Labute approximate surface area is 115 Å². The molecule has 0 amide bonds. The molecular formula is C13H11Cl2NO2. The minimum Gasteiger partial charge on any atom is -0.439 e. The van der Waals surface area contributed by atoms with Crippen LogP contribution in [0.1, 0.15) is 18.6 Å². The van der Waals surface area contributed by atoms with Crippen molar-refractivity contribution in [1.82, 2.24) is 4.98 Å². The monoisotopic (exact) mass is 283 g/mol. The summed E-state index contributed by atoms with van der Waals surface area (Å²) in [6.45, 7) is 1.67. The molecule has 0 saturated carbocycles. The standard InChI is InChI=1S/C13H11Cl2NO2/c1-8(17)9-2-3-13(16-7-9)18-12-5-10(14)4-11(15)6-12/h2-8,17H,1H3/t8-/m0/s1. The zero-order valence-corrected chi connectivity index (χ0v) is 11.1. The topological polar surface area (TPSA) is 42.4 Å². The molecule has 1 aromatic heterocycles. The fourth-order valence-corrected chi connectivity index (χ4v) is 1.91. The minimum atomic E-state index is -0.549. The van der Waals surface area contributed by atoms with Gasteiger partial charge in [0.25, 0.3) is 0 Å². The molecular weight excluding hydrogens is 273 g/mol. The Hall–Kier alpha value is -1.29. The lowest BCUT2D eigenvalue weighted by atomic mass is 10.2. The van der Waals surface area contributed by atoms with Gasteiger partial charge in [0.15, 0.2) is 0 Å². The van der Waals surface area contributed by atoms with E-state index < -0.39 is 6.10 Å². The molecule has 1 N–H and O–H groups in total. The van der Waals surface area contributed by atoms with E-state index in [0.29, 0.717) is 21.7 Å². The van der Waals surface area contributed by atoms with Crippen molar-refractivity contribution in [2.45, 2.75) is 13.0 Å². The molecule has 0 radical (unpaired) electrons. The molecule has 0 aliphatic rings. The van der Waals surface area contributed by atoms with Crippen molar-refractivity contribution in [3.63, 3.8) is 0 Å². The maximum absolute atomic E-state index is 9.36. The van der Waals surface area contributed by atoms with Crippen LogP contribution in [-0.4, -0.2) is 10.1 Å². The molecule has 1 aromatic carbocycles. The number of halogens is 2. The van der Waals surface area contributed by atoms with Crippen LogP contribution in [-0.2, 0) is 0 Å². The highest BCUT2D eigenvalue weighted by atomic mass is 35.5. The summed E-state index contributed by atoms with van der Waals surface area (Å²) in [5.74, 6) is 0.933. The van der Waals surface area contributed by atoms with Gasteiger partial charge in [-0.05, 0) is 36.8 Å². The van der Waals surface area contributed by atoms with Crippen LogP contribution in [0.2, 0.25) is 10.0 Å². The van der Waals surface area contributed by atoms with Gasteiger partial charge in [0.2, 0.25) is 5.88 Å². The minimum absolute atomic E-state index is 0.415. The number of rotatable bonds is 3. The SMILES string of the molecule is C[C@H](O)c1ccc(Oc2cc(Cl)cc(Cl)c2)nc1. The quantitative estimate of drug-likeness (QED) is 0.916. The average Bonchev–Trinajstić information content (AvgIpc) is 2.28. The number of aliphatic hydroxyl groups is 1. The van der Waals surface area contributed by atoms with Crippen molar-refractivity contribution in [2.75, 3.05) is 0 Å². The summed E-state index contributed by atoms with van der Waals surface area (Å²) in [5, 5.41) is 10.4. The van der Waals surface area contributed by atoms with Crippen molar-refractivity contribution >= 4 is 23.2 Å². The highest BCUT2D eigenvalue weighted by Crippen LogP contribution is 2.27. The summed E-state index contributed by atoms with van der Waals surface area (Å²) >= 11 is 11.7. The Morgan fingerprint density at radius 2 is 1.83 bits per heavy atom. The fourth-order valence-electron chi connectivity index (χ4n) is 1.41. The third-order valence-corrected chi connectivity index (χ3v) is 2.74. The molecule has 0 aliphatic carbocycles. The zero-order chi connectivity index (χ0) is 13.1. The second-order valence-electron chi connectivity index (χ2n) is 3.81. The molecule has 18 heavy (non-hydrogen) atoms. The maximum atomic E-state index is 9.36. The number of nitrogens with zero attached hydrogens (tertiary/aromatic N) is 1. The fraction of sp³-hybridized carbons (Fsp3) is 0.154. The van der Waals surface area contributed by atoms with Gasteiger partial charge < -0.3 is 9.84 Å². The molecule has 94 valence electrons. The van der Waals surface area contributed by atoms with E-state index in [-0.39, 0.29) is 0 Å². The number of ether oxygens (including phenoxy) is 1. The summed E-state index contributed by atoms with van der Waals surface area (Å²) in [6, 6.07) is 8.35. The van der Waals surface area contributed by atoms with Gasteiger partial charge in [0.05, 0.1) is 6.10 Å². The largest absolute Gasteiger partial charge is 0.439 e. The van der Waals surface area contributed by atoms with Crippen molar-refractivity contribution in [2.24, 2.45) is 0 Å². The van der Waals surface area contributed by atoms with E-state index in [2.05, 4.69) is 4.98 Å². The average molecular weight is 284 g/mol. The third-order valence-electron chi connectivity index (χ3n) is 2.30. The van der Waals surface area contributed by atoms with E-state index >= 15 is 0 Å². The molecule has 1 heterocycles. The summed E-state index contributed by atoms with van der Waals surface area (Å²) in [4.78, 5) is 4.09. The second kappa shape index (κ2) is 5.57. The molecule has 0 saturated heterocycles. The van der Waals surface area contributed by atoms with Crippen LogP contribution in [0.4, 0.5) is 0 Å². The molecule has 2 aromatic rings. The molecule has 0 bridgehead atoms. The first-order valence-corrected chi connectivity index (χ1v) is 6.08. The van der Waals surface area contributed by atoms with Crippen LogP contribution in [0.25, 0.3) is 0 Å². The Morgan fingerprint density at radius 3 is 2.33 bits per heavy atom. The smallest absolute Gasteiger partial charge is 0.219 e. The summed E-state index contributed by atoms with van der Waals surface area (Å²) in [5.41, 5.74) is 0.728. The van der Waals surface area contributed by atoms with Gasteiger partial charge in [0.1, 0.15) is 5.75 Å². The predicted octanol–water partition coefficient (Wildman–Crippen LogP) is 4.23. The Balaban J connectivity index is 2.18. The van der Waals surface area contributed by atoms with Gasteiger partial charge in [-0.1, -0.05) is 23.2 Å². The zero-order valence-electron chi connectivity index (χ0n) is 9.60. The Kier molecular flexibility index (Phi) is 4.07. The normalized spacial score (nSPS) is 12.2. The predicted molar refractivity (Wildman–Crippen MR) is 71.4 cm³/mol. The summed E-state index contributed by atoms with van der Waals surface area (Å²) < 4.78 is 5.51. The van der Waals surface area contributed by atoms with E-state index in [1.807, 2.05) is 0 Å². The molecule has 2 rings (SSSR count). The Morgan fingerprint density at radius 1 is 1.17 bits per heavy atom. The molecule has 0 aliphatic heterocycles. The van der Waals surface area contributed by atoms with Gasteiger partial charge in [0, 0.05) is 22.3 Å². The molecule has 1 atom stereocenters. The molecule has 3 nitrogen and oxygen atoms in total. The lowest BCUT2D eigenvalue weighted by Gasteiger charge is -2.07. The summed E-state index contributed by atoms with van der Waals surface area (Å²) in [7, 11) is 0. The molecule has 0 spiro atoms. The number of hydrogen-bond acceptors (Lipinski definition) is 3. The first kappa shape index (κ1) is 13.1. The lowest BCUT2D eigenvalue weighted by Crippen LogP contribution is -1.93. The van der Waals surface area contributed by atoms with E-state index in [1.165, 1.54) is 0 Å². The number of benzene rings is 1. The first-order chi connectivity index (χ1) is 8.54. The van der Waals surface area contributed by atoms with Crippen LogP contribution in [0.3, 0.4) is 0 Å². The molecule has 0 unspecified atom stereocenters. The lowest BCUT2D eigenvalue weighted by molar-refractivity contribution is 0.198. The van der Waals surface area contributed by atoms with Crippen molar-refractivity contribution in [3.05, 3.63) is 52.1 Å². The van der Waals surface area contributed by atoms with Crippen molar-refractivity contribution in [3.8, 4) is 11.6 Å².